The van der Waals surface area contributed by atoms with E-state index in [9.17, 15) is 9.59 Å². The first-order valence-electron chi connectivity index (χ1n) is 7.80. The number of carbonyl (C=O) groups excluding carboxylic acids is 2. The van der Waals surface area contributed by atoms with E-state index in [2.05, 4.69) is 5.32 Å². The monoisotopic (exact) mass is 282 g/mol. The van der Waals surface area contributed by atoms with E-state index in [0.717, 1.165) is 19.4 Å². The second kappa shape index (κ2) is 6.12. The molecule has 1 aliphatic heterocycles. The van der Waals surface area contributed by atoms with Gasteiger partial charge in [-0.05, 0) is 32.6 Å². The van der Waals surface area contributed by atoms with E-state index in [0.29, 0.717) is 25.8 Å². The highest BCUT2D eigenvalue weighted by Gasteiger charge is 2.46. The average Bonchev–Trinajstić information content (AvgIpc) is 2.52. The third kappa shape index (κ3) is 2.68. The fourth-order valence-electron chi connectivity index (χ4n) is 3.22. The maximum atomic E-state index is 12.8. The second-order valence-electron chi connectivity index (χ2n) is 5.79. The number of rotatable bonds is 5. The van der Waals surface area contributed by atoms with Crippen molar-refractivity contribution in [1.82, 2.24) is 10.2 Å². The molecule has 0 aromatic carbocycles. The zero-order valence-electron chi connectivity index (χ0n) is 12.8. The van der Waals surface area contributed by atoms with Gasteiger partial charge in [0, 0.05) is 25.6 Å². The normalized spacial score (nSPS) is 29.6. The van der Waals surface area contributed by atoms with Gasteiger partial charge in [0.15, 0.2) is 0 Å². The van der Waals surface area contributed by atoms with Crippen LogP contribution in [0.5, 0.6) is 0 Å². The molecule has 0 bridgehead atoms. The van der Waals surface area contributed by atoms with Crippen LogP contribution in [0.25, 0.3) is 0 Å². The SMILES string of the molecule is CCOC1CC(N2CCC(=O)NC(CC)(CC)C2=O)C1. The molecule has 2 aliphatic rings. The van der Waals surface area contributed by atoms with Gasteiger partial charge in [0.1, 0.15) is 5.54 Å². The Kier molecular flexibility index (Phi) is 4.68. The summed E-state index contributed by atoms with van der Waals surface area (Å²) in [5.41, 5.74) is -0.704. The van der Waals surface area contributed by atoms with Crippen molar-refractivity contribution in [3.8, 4) is 0 Å². The van der Waals surface area contributed by atoms with E-state index < -0.39 is 5.54 Å². The molecule has 20 heavy (non-hydrogen) atoms. The summed E-state index contributed by atoms with van der Waals surface area (Å²) in [5, 5.41) is 2.95. The fraction of sp³-hybridized carbons (Fsp3) is 0.867. The van der Waals surface area contributed by atoms with Gasteiger partial charge < -0.3 is 15.0 Å². The predicted molar refractivity (Wildman–Crippen MR) is 76.2 cm³/mol. The van der Waals surface area contributed by atoms with Crippen LogP contribution in [-0.2, 0) is 14.3 Å². The number of nitrogens with zero attached hydrogens (tertiary/aromatic N) is 1. The number of hydrogen-bond acceptors (Lipinski definition) is 3. The lowest BCUT2D eigenvalue weighted by Crippen LogP contribution is -2.60. The van der Waals surface area contributed by atoms with E-state index in [-0.39, 0.29) is 24.0 Å². The van der Waals surface area contributed by atoms with Crippen molar-refractivity contribution in [3.05, 3.63) is 0 Å². The minimum absolute atomic E-state index is 0.00904. The van der Waals surface area contributed by atoms with Gasteiger partial charge in [-0.25, -0.2) is 0 Å². The lowest BCUT2D eigenvalue weighted by atomic mass is 9.84. The maximum absolute atomic E-state index is 12.8. The third-order valence-corrected chi connectivity index (χ3v) is 4.75. The average molecular weight is 282 g/mol. The molecule has 2 fully saturated rings. The highest BCUT2D eigenvalue weighted by Crippen LogP contribution is 2.32. The van der Waals surface area contributed by atoms with Crippen molar-refractivity contribution >= 4 is 11.8 Å². The first kappa shape index (κ1) is 15.3. The first-order valence-corrected chi connectivity index (χ1v) is 7.80. The van der Waals surface area contributed by atoms with Gasteiger partial charge in [0.05, 0.1) is 6.10 Å². The summed E-state index contributed by atoms with van der Waals surface area (Å²) in [4.78, 5) is 26.7. The van der Waals surface area contributed by atoms with Crippen molar-refractivity contribution in [2.75, 3.05) is 13.2 Å². The van der Waals surface area contributed by atoms with Crippen molar-refractivity contribution < 1.29 is 14.3 Å². The van der Waals surface area contributed by atoms with Crippen LogP contribution in [0.3, 0.4) is 0 Å². The molecule has 0 aromatic heterocycles. The minimum Gasteiger partial charge on any atom is -0.378 e. The van der Waals surface area contributed by atoms with Gasteiger partial charge in [-0.15, -0.1) is 0 Å². The quantitative estimate of drug-likeness (QED) is 0.830. The molecule has 1 saturated carbocycles. The minimum atomic E-state index is -0.704. The van der Waals surface area contributed by atoms with Crippen LogP contribution in [0.2, 0.25) is 0 Å². The van der Waals surface area contributed by atoms with Crippen LogP contribution >= 0.6 is 0 Å². The molecule has 114 valence electrons. The van der Waals surface area contributed by atoms with Crippen LogP contribution in [0.15, 0.2) is 0 Å². The molecule has 0 unspecified atom stereocenters. The van der Waals surface area contributed by atoms with E-state index in [1.54, 1.807) is 0 Å². The summed E-state index contributed by atoms with van der Waals surface area (Å²) in [6.45, 7) is 7.19. The molecule has 1 aliphatic carbocycles. The van der Waals surface area contributed by atoms with Crippen LogP contribution in [-0.4, -0.2) is 47.6 Å². The van der Waals surface area contributed by atoms with Gasteiger partial charge in [-0.1, -0.05) is 13.8 Å². The van der Waals surface area contributed by atoms with Crippen LogP contribution < -0.4 is 5.32 Å². The van der Waals surface area contributed by atoms with Gasteiger partial charge in [0.25, 0.3) is 0 Å². The summed E-state index contributed by atoms with van der Waals surface area (Å²) in [6, 6.07) is 0.240. The first-order chi connectivity index (χ1) is 9.56. The highest BCUT2D eigenvalue weighted by atomic mass is 16.5. The Morgan fingerprint density at radius 2 is 1.90 bits per heavy atom. The van der Waals surface area contributed by atoms with Gasteiger partial charge in [0.2, 0.25) is 11.8 Å². The smallest absolute Gasteiger partial charge is 0.248 e. The summed E-state index contributed by atoms with van der Waals surface area (Å²) in [7, 11) is 0. The topological polar surface area (TPSA) is 58.6 Å². The Morgan fingerprint density at radius 1 is 1.25 bits per heavy atom. The Labute approximate surface area is 121 Å². The van der Waals surface area contributed by atoms with Crippen LogP contribution in [0.4, 0.5) is 0 Å². The molecule has 2 rings (SSSR count). The number of hydrogen-bond donors (Lipinski definition) is 1. The standard InChI is InChI=1S/C15H26N2O3/c1-4-15(5-2)14(19)17(8-7-13(18)16-15)11-9-12(10-11)20-6-3/h11-12H,4-10H2,1-3H3,(H,16,18). The van der Waals surface area contributed by atoms with Gasteiger partial charge in [-0.2, -0.15) is 0 Å². The zero-order chi connectivity index (χ0) is 14.8. The van der Waals surface area contributed by atoms with Crippen molar-refractivity contribution in [2.24, 2.45) is 0 Å². The largest absolute Gasteiger partial charge is 0.378 e. The van der Waals surface area contributed by atoms with Crippen LogP contribution in [0, 0.1) is 0 Å². The molecule has 0 aromatic rings. The van der Waals surface area contributed by atoms with Crippen LogP contribution in [0.1, 0.15) is 52.9 Å². The number of carbonyl (C=O) groups is 2. The molecule has 5 nitrogen and oxygen atoms in total. The van der Waals surface area contributed by atoms with E-state index in [1.165, 1.54) is 0 Å². The molecule has 0 atom stereocenters. The lowest BCUT2D eigenvalue weighted by molar-refractivity contribution is -0.146. The van der Waals surface area contributed by atoms with Gasteiger partial charge >= 0.3 is 0 Å². The number of nitrogens with one attached hydrogen (secondary N) is 1. The molecule has 2 amide bonds. The second-order valence-corrected chi connectivity index (χ2v) is 5.79. The van der Waals surface area contributed by atoms with Crippen molar-refractivity contribution in [1.29, 1.82) is 0 Å². The van der Waals surface area contributed by atoms with E-state index >= 15 is 0 Å². The molecular weight excluding hydrogens is 256 g/mol. The Bertz CT molecular complexity index is 373. The number of ether oxygens (including phenoxy) is 1. The Balaban J connectivity index is 2.09. The Morgan fingerprint density at radius 3 is 2.45 bits per heavy atom. The van der Waals surface area contributed by atoms with Gasteiger partial charge in [-0.3, -0.25) is 9.59 Å². The fourth-order valence-corrected chi connectivity index (χ4v) is 3.22. The van der Waals surface area contributed by atoms with E-state index in [4.69, 9.17) is 4.74 Å². The third-order valence-electron chi connectivity index (χ3n) is 4.75. The Hall–Kier alpha value is -1.10. The summed E-state index contributed by atoms with van der Waals surface area (Å²) in [6.07, 6.45) is 3.78. The van der Waals surface area contributed by atoms with Crippen molar-refractivity contribution in [3.63, 3.8) is 0 Å². The lowest BCUT2D eigenvalue weighted by Gasteiger charge is -2.44. The molecule has 1 saturated heterocycles. The summed E-state index contributed by atoms with van der Waals surface area (Å²) >= 11 is 0. The summed E-state index contributed by atoms with van der Waals surface area (Å²) < 4.78 is 5.57. The molecule has 1 heterocycles. The molecule has 0 spiro atoms. The number of amides is 2. The predicted octanol–water partition coefficient (Wildman–Crippen LogP) is 1.46. The summed E-state index contributed by atoms with van der Waals surface area (Å²) in [5.74, 6) is 0.0820. The molecule has 1 N–H and O–H groups in total. The van der Waals surface area contributed by atoms with E-state index in [1.807, 2.05) is 25.7 Å². The maximum Gasteiger partial charge on any atom is 0.248 e. The molecular formula is C15H26N2O3. The van der Waals surface area contributed by atoms with Crippen molar-refractivity contribution in [2.45, 2.75) is 70.6 Å². The molecule has 0 radical (unpaired) electrons. The molecule has 5 heteroatoms. The highest BCUT2D eigenvalue weighted by molar-refractivity contribution is 5.93. The zero-order valence-corrected chi connectivity index (χ0v) is 12.8.